The molecule has 0 bridgehead atoms. The molecule has 1 fully saturated rings. The van der Waals surface area contributed by atoms with Gasteiger partial charge in [0.15, 0.2) is 0 Å². The van der Waals surface area contributed by atoms with Crippen LogP contribution in [0, 0.1) is 10.8 Å². The largest absolute Gasteiger partial charge is 0.481 e. The Morgan fingerprint density at radius 2 is 2.00 bits per heavy atom. The SMILES string of the molecule is CC(C)(C)CCc1ccc(C23CC(C)(C)CC2=CN(CCC(=O)O)C(=O)N3)cc1Cl. The van der Waals surface area contributed by atoms with Crippen LogP contribution >= 0.6 is 11.6 Å². The molecule has 0 saturated heterocycles. The molecule has 30 heavy (non-hydrogen) atoms. The van der Waals surface area contributed by atoms with Crippen LogP contribution in [0.1, 0.15) is 71.4 Å². The topological polar surface area (TPSA) is 69.6 Å². The van der Waals surface area contributed by atoms with Gasteiger partial charge in [-0.2, -0.15) is 0 Å². The highest BCUT2D eigenvalue weighted by atomic mass is 35.5. The zero-order valence-electron chi connectivity index (χ0n) is 18.6. The minimum Gasteiger partial charge on any atom is -0.481 e. The van der Waals surface area contributed by atoms with Crippen LogP contribution < -0.4 is 5.32 Å². The van der Waals surface area contributed by atoms with Gasteiger partial charge < -0.3 is 15.3 Å². The number of aryl methyl sites for hydroxylation is 1. The lowest BCUT2D eigenvalue weighted by Gasteiger charge is -2.40. The highest BCUT2D eigenvalue weighted by molar-refractivity contribution is 6.31. The second kappa shape index (κ2) is 7.92. The number of aliphatic carboxylic acids is 1. The number of benzene rings is 1. The molecule has 1 unspecified atom stereocenters. The average molecular weight is 433 g/mol. The van der Waals surface area contributed by atoms with Crippen molar-refractivity contribution in [2.75, 3.05) is 6.54 Å². The smallest absolute Gasteiger partial charge is 0.322 e. The predicted molar refractivity (Wildman–Crippen MR) is 119 cm³/mol. The number of fused-ring (bicyclic) bond motifs is 1. The summed E-state index contributed by atoms with van der Waals surface area (Å²) in [5.41, 5.74) is 2.89. The van der Waals surface area contributed by atoms with E-state index in [4.69, 9.17) is 16.7 Å². The van der Waals surface area contributed by atoms with Crippen molar-refractivity contribution in [2.45, 2.75) is 72.3 Å². The zero-order chi connectivity index (χ0) is 22.3. The number of carboxylic acid groups (broad SMARTS) is 1. The maximum absolute atomic E-state index is 12.8. The molecule has 0 spiro atoms. The van der Waals surface area contributed by atoms with E-state index < -0.39 is 11.5 Å². The van der Waals surface area contributed by atoms with Gasteiger partial charge in [-0.3, -0.25) is 4.79 Å². The Kier molecular flexibility index (Phi) is 5.98. The number of carboxylic acids is 1. The highest BCUT2D eigenvalue weighted by Gasteiger charge is 2.52. The summed E-state index contributed by atoms with van der Waals surface area (Å²) in [6.07, 6.45) is 5.35. The Labute approximate surface area is 184 Å². The molecule has 1 aliphatic carbocycles. The van der Waals surface area contributed by atoms with E-state index in [-0.39, 0.29) is 29.8 Å². The normalized spacial score (nSPS) is 23.1. The molecular weight excluding hydrogens is 400 g/mol. The molecule has 0 aromatic heterocycles. The van der Waals surface area contributed by atoms with Gasteiger partial charge in [0.25, 0.3) is 0 Å². The van der Waals surface area contributed by atoms with Crippen LogP contribution in [0.4, 0.5) is 4.79 Å². The number of nitrogens with zero attached hydrogens (tertiary/aromatic N) is 1. The van der Waals surface area contributed by atoms with Crippen LogP contribution in [0.3, 0.4) is 0 Å². The van der Waals surface area contributed by atoms with Gasteiger partial charge in [0.1, 0.15) is 0 Å². The molecule has 1 aromatic carbocycles. The van der Waals surface area contributed by atoms with Gasteiger partial charge in [0.2, 0.25) is 0 Å². The molecule has 1 atom stereocenters. The van der Waals surface area contributed by atoms with Crippen molar-refractivity contribution in [3.63, 3.8) is 0 Å². The molecule has 1 saturated carbocycles. The molecule has 164 valence electrons. The minimum atomic E-state index is -0.914. The number of urea groups is 1. The number of hydrogen-bond donors (Lipinski definition) is 2. The van der Waals surface area contributed by atoms with Crippen molar-refractivity contribution in [1.82, 2.24) is 10.2 Å². The van der Waals surface area contributed by atoms with Crippen molar-refractivity contribution in [3.8, 4) is 0 Å². The maximum Gasteiger partial charge on any atom is 0.322 e. The summed E-state index contributed by atoms with van der Waals surface area (Å²) in [5, 5.41) is 12.9. The summed E-state index contributed by atoms with van der Waals surface area (Å²) >= 11 is 6.68. The van der Waals surface area contributed by atoms with Crippen molar-refractivity contribution in [1.29, 1.82) is 0 Å². The second-order valence-corrected chi connectivity index (χ2v) is 11.1. The van der Waals surface area contributed by atoms with Gasteiger partial charge in [-0.15, -0.1) is 0 Å². The molecule has 2 aliphatic rings. The van der Waals surface area contributed by atoms with E-state index in [0.717, 1.165) is 47.4 Å². The Bertz CT molecular complexity index is 885. The van der Waals surface area contributed by atoms with Gasteiger partial charge in [0, 0.05) is 17.8 Å². The fraction of sp³-hybridized carbons (Fsp3) is 0.583. The average Bonchev–Trinajstić information content (AvgIpc) is 2.87. The molecule has 1 heterocycles. The van der Waals surface area contributed by atoms with Gasteiger partial charge in [-0.05, 0) is 59.3 Å². The predicted octanol–water partition coefficient (Wildman–Crippen LogP) is 5.72. The molecular formula is C24H33ClN2O3. The fourth-order valence-electron chi connectivity index (χ4n) is 4.61. The number of rotatable bonds is 6. The maximum atomic E-state index is 12.8. The third-order valence-electron chi connectivity index (χ3n) is 6.11. The monoisotopic (exact) mass is 432 g/mol. The lowest BCUT2D eigenvalue weighted by atomic mass is 9.80. The summed E-state index contributed by atoms with van der Waals surface area (Å²) < 4.78 is 0. The van der Waals surface area contributed by atoms with Crippen molar-refractivity contribution in [3.05, 3.63) is 46.1 Å². The number of hydrogen-bond acceptors (Lipinski definition) is 2. The number of amides is 2. The first-order chi connectivity index (χ1) is 13.8. The van der Waals surface area contributed by atoms with Crippen molar-refractivity contribution >= 4 is 23.6 Å². The van der Waals surface area contributed by atoms with E-state index in [0.29, 0.717) is 0 Å². The van der Waals surface area contributed by atoms with Gasteiger partial charge in [-0.25, -0.2) is 4.79 Å². The Morgan fingerprint density at radius 3 is 2.60 bits per heavy atom. The first kappa shape index (κ1) is 22.7. The van der Waals surface area contributed by atoms with Gasteiger partial charge in [-0.1, -0.05) is 58.4 Å². The Morgan fingerprint density at radius 1 is 1.30 bits per heavy atom. The van der Waals surface area contributed by atoms with Crippen LogP contribution in [0.5, 0.6) is 0 Å². The van der Waals surface area contributed by atoms with Crippen LogP contribution in [-0.4, -0.2) is 28.6 Å². The fourth-order valence-corrected chi connectivity index (χ4v) is 4.88. The second-order valence-electron chi connectivity index (χ2n) is 10.7. The molecule has 5 nitrogen and oxygen atoms in total. The lowest BCUT2D eigenvalue weighted by molar-refractivity contribution is -0.137. The van der Waals surface area contributed by atoms with E-state index >= 15 is 0 Å². The van der Waals surface area contributed by atoms with Crippen molar-refractivity contribution < 1.29 is 14.7 Å². The summed E-state index contributed by atoms with van der Waals surface area (Å²) in [7, 11) is 0. The number of carbonyl (C=O) groups is 2. The molecule has 1 aliphatic heterocycles. The van der Waals surface area contributed by atoms with E-state index in [1.807, 2.05) is 12.3 Å². The van der Waals surface area contributed by atoms with Crippen LogP contribution in [-0.2, 0) is 16.8 Å². The van der Waals surface area contributed by atoms with E-state index in [1.54, 1.807) is 0 Å². The van der Waals surface area contributed by atoms with Crippen LogP contribution in [0.2, 0.25) is 5.02 Å². The Hall–Kier alpha value is -2.01. The summed E-state index contributed by atoms with van der Waals surface area (Å²) in [6.45, 7) is 11.2. The third-order valence-corrected chi connectivity index (χ3v) is 6.46. The molecule has 2 amide bonds. The highest BCUT2D eigenvalue weighted by Crippen LogP contribution is 2.54. The number of nitrogens with one attached hydrogen (secondary N) is 1. The number of halogens is 1. The molecule has 2 N–H and O–H groups in total. The lowest BCUT2D eigenvalue weighted by Crippen LogP contribution is -2.54. The van der Waals surface area contributed by atoms with E-state index in [2.05, 4.69) is 52.1 Å². The molecule has 6 heteroatoms. The van der Waals surface area contributed by atoms with E-state index in [9.17, 15) is 9.59 Å². The summed E-state index contributed by atoms with van der Waals surface area (Å²) in [5.74, 6) is -0.914. The van der Waals surface area contributed by atoms with Gasteiger partial charge >= 0.3 is 12.0 Å². The first-order valence-electron chi connectivity index (χ1n) is 10.6. The van der Waals surface area contributed by atoms with Gasteiger partial charge in [0.05, 0.1) is 12.0 Å². The molecule has 3 rings (SSSR count). The summed E-state index contributed by atoms with van der Waals surface area (Å²) in [6, 6.07) is 5.92. The van der Waals surface area contributed by atoms with E-state index in [1.165, 1.54) is 4.90 Å². The third kappa shape index (κ3) is 4.83. The van der Waals surface area contributed by atoms with Crippen molar-refractivity contribution in [2.24, 2.45) is 10.8 Å². The molecule has 1 aromatic rings. The summed E-state index contributed by atoms with van der Waals surface area (Å²) in [4.78, 5) is 25.3. The first-order valence-corrected chi connectivity index (χ1v) is 11.0. The Balaban J connectivity index is 1.94. The minimum absolute atomic E-state index is 0.0132. The number of carbonyl (C=O) groups excluding carboxylic acids is 1. The van der Waals surface area contributed by atoms with Crippen LogP contribution in [0.25, 0.3) is 0 Å². The van der Waals surface area contributed by atoms with Crippen LogP contribution in [0.15, 0.2) is 30.0 Å². The zero-order valence-corrected chi connectivity index (χ0v) is 19.4. The standard InChI is InChI=1S/C24H33ClN2O3/c1-22(2,3)10-8-16-6-7-17(12-19(16)25)24-15-23(4,5)13-18(24)14-27(21(30)26-24)11-9-20(28)29/h6-7,12,14H,8-11,13,15H2,1-5H3,(H,26,30)(H,28,29). The quantitative estimate of drug-likeness (QED) is 0.604. The molecule has 0 radical (unpaired) electrons.